The van der Waals surface area contributed by atoms with Crippen LogP contribution in [0.5, 0.6) is 0 Å². The molecule has 0 aliphatic rings. The second-order valence-corrected chi connectivity index (χ2v) is 4.97. The van der Waals surface area contributed by atoms with Gasteiger partial charge in [-0.2, -0.15) is 0 Å². The van der Waals surface area contributed by atoms with Gasteiger partial charge in [0, 0.05) is 26.2 Å². The lowest BCUT2D eigenvalue weighted by Crippen LogP contribution is -2.20. The normalized spacial score (nSPS) is 10.4. The highest BCUT2D eigenvalue weighted by molar-refractivity contribution is 5.58. The molecule has 0 saturated carbocycles. The Balaban J connectivity index is 2.24. The van der Waals surface area contributed by atoms with Gasteiger partial charge in [-0.05, 0) is 18.9 Å². The summed E-state index contributed by atoms with van der Waals surface area (Å²) in [6.45, 7) is 5.07. The molecule has 106 valence electrons. The van der Waals surface area contributed by atoms with Crippen molar-refractivity contribution >= 4 is 11.6 Å². The minimum Gasteiger partial charge on any atom is -0.373 e. The van der Waals surface area contributed by atoms with E-state index in [0.717, 1.165) is 30.2 Å². The number of rotatable bonds is 5. The Kier molecular flexibility index (Phi) is 4.56. The van der Waals surface area contributed by atoms with Crippen LogP contribution in [0, 0.1) is 6.92 Å². The Morgan fingerprint density at radius 2 is 1.85 bits per heavy atom. The van der Waals surface area contributed by atoms with Crippen molar-refractivity contribution in [2.45, 2.75) is 26.8 Å². The van der Waals surface area contributed by atoms with Crippen molar-refractivity contribution in [1.29, 1.82) is 0 Å². The van der Waals surface area contributed by atoms with Gasteiger partial charge in [0.05, 0.1) is 0 Å². The number of nitrogens with zero attached hydrogens (tertiary/aromatic N) is 3. The lowest BCUT2D eigenvalue weighted by Gasteiger charge is -2.22. The van der Waals surface area contributed by atoms with E-state index in [-0.39, 0.29) is 0 Å². The summed E-state index contributed by atoms with van der Waals surface area (Å²) in [6.07, 6.45) is 2.52. The lowest BCUT2D eigenvalue weighted by atomic mass is 10.1. The van der Waals surface area contributed by atoms with Gasteiger partial charge in [0.1, 0.15) is 18.0 Å². The van der Waals surface area contributed by atoms with Crippen molar-refractivity contribution in [3.8, 4) is 0 Å². The Morgan fingerprint density at radius 3 is 2.45 bits per heavy atom. The van der Waals surface area contributed by atoms with Crippen molar-refractivity contribution < 1.29 is 0 Å². The highest BCUT2D eigenvalue weighted by Gasteiger charge is 2.12. The van der Waals surface area contributed by atoms with E-state index in [1.54, 1.807) is 6.33 Å². The van der Waals surface area contributed by atoms with E-state index in [1.165, 1.54) is 11.1 Å². The van der Waals surface area contributed by atoms with Crippen LogP contribution in [-0.2, 0) is 13.0 Å². The first kappa shape index (κ1) is 14.3. The molecule has 0 aliphatic heterocycles. The predicted octanol–water partition coefficient (Wildman–Crippen LogP) is 3.03. The molecule has 0 unspecified atom stereocenters. The minimum absolute atomic E-state index is 0.841. The van der Waals surface area contributed by atoms with Crippen LogP contribution in [0.25, 0.3) is 0 Å². The molecule has 1 heterocycles. The monoisotopic (exact) mass is 270 g/mol. The Hall–Kier alpha value is -2.10. The first-order valence-corrected chi connectivity index (χ1v) is 6.94. The lowest BCUT2D eigenvalue weighted by molar-refractivity contribution is 0.871. The Morgan fingerprint density at radius 1 is 1.15 bits per heavy atom. The average molecular weight is 270 g/mol. The molecule has 1 N–H and O–H groups in total. The quantitative estimate of drug-likeness (QED) is 0.906. The van der Waals surface area contributed by atoms with Gasteiger partial charge in [-0.1, -0.05) is 36.8 Å². The number of anilines is 2. The fourth-order valence-electron chi connectivity index (χ4n) is 2.32. The smallest absolute Gasteiger partial charge is 0.137 e. The number of aryl methyl sites for hydroxylation is 1. The molecule has 0 bridgehead atoms. The largest absolute Gasteiger partial charge is 0.373 e. The zero-order valence-corrected chi connectivity index (χ0v) is 12.6. The van der Waals surface area contributed by atoms with Crippen LogP contribution in [0.2, 0.25) is 0 Å². The van der Waals surface area contributed by atoms with E-state index in [0.29, 0.717) is 0 Å². The van der Waals surface area contributed by atoms with Crippen molar-refractivity contribution in [2.75, 3.05) is 24.3 Å². The van der Waals surface area contributed by atoms with Crippen LogP contribution < -0.4 is 10.2 Å². The van der Waals surface area contributed by atoms with Crippen LogP contribution in [0.15, 0.2) is 30.6 Å². The topological polar surface area (TPSA) is 41.1 Å². The second-order valence-electron chi connectivity index (χ2n) is 4.97. The van der Waals surface area contributed by atoms with E-state index in [4.69, 9.17) is 0 Å². The molecule has 0 aliphatic carbocycles. The van der Waals surface area contributed by atoms with Gasteiger partial charge in [0.25, 0.3) is 0 Å². The molecule has 2 rings (SSSR count). The standard InChI is InChI=1S/C16H22N4/c1-5-14-15(17-3)18-11-19-16(14)20(4)10-13-8-6-12(2)7-9-13/h6-9,11H,5,10H2,1-4H3,(H,17,18,19). The molecular formula is C16H22N4. The minimum atomic E-state index is 0.841. The van der Waals surface area contributed by atoms with Gasteiger partial charge < -0.3 is 10.2 Å². The van der Waals surface area contributed by atoms with Crippen LogP contribution in [0.1, 0.15) is 23.6 Å². The van der Waals surface area contributed by atoms with Crippen LogP contribution in [0.3, 0.4) is 0 Å². The van der Waals surface area contributed by atoms with Gasteiger partial charge in [-0.15, -0.1) is 0 Å². The third-order valence-corrected chi connectivity index (χ3v) is 3.41. The van der Waals surface area contributed by atoms with Crippen LogP contribution in [-0.4, -0.2) is 24.1 Å². The molecule has 4 heteroatoms. The van der Waals surface area contributed by atoms with Gasteiger partial charge in [-0.25, -0.2) is 9.97 Å². The maximum Gasteiger partial charge on any atom is 0.137 e. The molecular weight excluding hydrogens is 248 g/mol. The Bertz CT molecular complexity index is 563. The molecule has 20 heavy (non-hydrogen) atoms. The number of hydrogen-bond donors (Lipinski definition) is 1. The van der Waals surface area contributed by atoms with Gasteiger partial charge >= 0.3 is 0 Å². The van der Waals surface area contributed by atoms with Gasteiger partial charge in [0.2, 0.25) is 0 Å². The first-order chi connectivity index (χ1) is 9.65. The third-order valence-electron chi connectivity index (χ3n) is 3.41. The van der Waals surface area contributed by atoms with Crippen LogP contribution >= 0.6 is 0 Å². The summed E-state index contributed by atoms with van der Waals surface area (Å²) < 4.78 is 0. The van der Waals surface area contributed by atoms with E-state index in [9.17, 15) is 0 Å². The summed E-state index contributed by atoms with van der Waals surface area (Å²) >= 11 is 0. The number of nitrogens with one attached hydrogen (secondary N) is 1. The summed E-state index contributed by atoms with van der Waals surface area (Å²) in [5.74, 6) is 1.90. The third kappa shape index (κ3) is 3.07. The fourth-order valence-corrected chi connectivity index (χ4v) is 2.32. The van der Waals surface area contributed by atoms with Crippen molar-refractivity contribution in [1.82, 2.24) is 9.97 Å². The zero-order valence-electron chi connectivity index (χ0n) is 12.6. The maximum atomic E-state index is 4.45. The summed E-state index contributed by atoms with van der Waals surface area (Å²) in [5, 5.41) is 3.14. The molecule has 0 spiro atoms. The first-order valence-electron chi connectivity index (χ1n) is 6.94. The predicted molar refractivity (Wildman–Crippen MR) is 84.2 cm³/mol. The zero-order chi connectivity index (χ0) is 14.5. The number of hydrogen-bond acceptors (Lipinski definition) is 4. The van der Waals surface area contributed by atoms with E-state index in [2.05, 4.69) is 65.3 Å². The van der Waals surface area contributed by atoms with E-state index >= 15 is 0 Å². The Labute approximate surface area is 120 Å². The molecule has 0 saturated heterocycles. The molecule has 0 fully saturated rings. The summed E-state index contributed by atoms with van der Waals surface area (Å²) in [5.41, 5.74) is 3.72. The molecule has 0 radical (unpaired) electrons. The number of benzene rings is 1. The van der Waals surface area contributed by atoms with E-state index < -0.39 is 0 Å². The molecule has 0 atom stereocenters. The van der Waals surface area contributed by atoms with Crippen molar-refractivity contribution in [3.05, 3.63) is 47.3 Å². The number of aromatic nitrogens is 2. The molecule has 0 amide bonds. The fraction of sp³-hybridized carbons (Fsp3) is 0.375. The maximum absolute atomic E-state index is 4.45. The SMILES string of the molecule is CCc1c(NC)ncnc1N(C)Cc1ccc(C)cc1. The summed E-state index contributed by atoms with van der Waals surface area (Å²) in [7, 11) is 3.96. The molecule has 1 aromatic carbocycles. The molecule has 4 nitrogen and oxygen atoms in total. The van der Waals surface area contributed by atoms with Crippen molar-refractivity contribution in [2.24, 2.45) is 0 Å². The van der Waals surface area contributed by atoms with E-state index in [1.807, 2.05) is 7.05 Å². The second kappa shape index (κ2) is 6.37. The van der Waals surface area contributed by atoms with Crippen molar-refractivity contribution in [3.63, 3.8) is 0 Å². The molecule has 2 aromatic rings. The molecule has 1 aromatic heterocycles. The van der Waals surface area contributed by atoms with Gasteiger partial charge in [0.15, 0.2) is 0 Å². The highest BCUT2D eigenvalue weighted by atomic mass is 15.2. The highest BCUT2D eigenvalue weighted by Crippen LogP contribution is 2.24. The summed E-state index contributed by atoms with van der Waals surface area (Å²) in [6, 6.07) is 8.61. The average Bonchev–Trinajstić information content (AvgIpc) is 2.48. The van der Waals surface area contributed by atoms with Crippen LogP contribution in [0.4, 0.5) is 11.6 Å². The van der Waals surface area contributed by atoms with Gasteiger partial charge in [-0.3, -0.25) is 0 Å². The summed E-state index contributed by atoms with van der Waals surface area (Å²) in [4.78, 5) is 10.9.